The molecule has 0 amide bonds. The van der Waals surface area contributed by atoms with Crippen LogP contribution in [0, 0.1) is 12.7 Å². The van der Waals surface area contributed by atoms with Crippen LogP contribution in [0.25, 0.3) is 11.3 Å². The molecule has 1 heterocycles. The normalized spacial score (nSPS) is 10.6. The Hall–Kier alpha value is -1.55. The van der Waals surface area contributed by atoms with Gasteiger partial charge in [0.1, 0.15) is 5.69 Å². The van der Waals surface area contributed by atoms with Gasteiger partial charge in [0.2, 0.25) is 0 Å². The van der Waals surface area contributed by atoms with Crippen molar-refractivity contribution in [1.82, 2.24) is 10.2 Å². The third kappa shape index (κ3) is 1.68. The fraction of sp³-hybridized carbons (Fsp3) is 0.100. The largest absolute Gasteiger partial charge is 0.380 e. The maximum atomic E-state index is 13.5. The zero-order valence-electron chi connectivity index (χ0n) is 8.01. The molecule has 0 aliphatic heterocycles. The van der Waals surface area contributed by atoms with Crippen LogP contribution in [0.5, 0.6) is 0 Å². The standard InChI is InChI=1S/C10H9ClFN3/c1-5-2-3-6(7(11)4-5)9-8(12)10(13)15-14-9/h2-4H,1H3,(H3,13,14,15). The van der Waals surface area contributed by atoms with Gasteiger partial charge in [0.25, 0.3) is 0 Å². The van der Waals surface area contributed by atoms with Gasteiger partial charge in [0, 0.05) is 5.56 Å². The molecule has 0 saturated carbocycles. The number of rotatable bonds is 1. The summed E-state index contributed by atoms with van der Waals surface area (Å²) in [5.74, 6) is -0.720. The van der Waals surface area contributed by atoms with E-state index in [1.54, 1.807) is 12.1 Å². The second-order valence-corrected chi connectivity index (χ2v) is 3.69. The molecule has 0 unspecified atom stereocenters. The van der Waals surface area contributed by atoms with Gasteiger partial charge in [0.15, 0.2) is 11.6 Å². The molecule has 1 aromatic heterocycles. The van der Waals surface area contributed by atoms with Crippen molar-refractivity contribution in [1.29, 1.82) is 0 Å². The summed E-state index contributed by atoms with van der Waals surface area (Å²) in [5, 5.41) is 6.56. The smallest absolute Gasteiger partial charge is 0.192 e. The van der Waals surface area contributed by atoms with E-state index in [2.05, 4.69) is 10.2 Å². The Kier molecular flexibility index (Phi) is 2.36. The highest BCUT2D eigenvalue weighted by Gasteiger charge is 2.14. The molecule has 3 nitrogen and oxygen atoms in total. The molecule has 0 saturated heterocycles. The first-order valence-electron chi connectivity index (χ1n) is 4.35. The number of nitrogens with two attached hydrogens (primary N) is 1. The highest BCUT2D eigenvalue weighted by atomic mass is 35.5. The highest BCUT2D eigenvalue weighted by molar-refractivity contribution is 6.33. The summed E-state index contributed by atoms with van der Waals surface area (Å²) < 4.78 is 13.5. The van der Waals surface area contributed by atoms with Crippen molar-refractivity contribution in [2.45, 2.75) is 6.92 Å². The second kappa shape index (κ2) is 3.55. The molecule has 0 bridgehead atoms. The third-order valence-corrected chi connectivity index (χ3v) is 2.44. The van der Waals surface area contributed by atoms with E-state index in [1.807, 2.05) is 13.0 Å². The Morgan fingerprint density at radius 1 is 1.47 bits per heavy atom. The maximum absolute atomic E-state index is 13.5. The lowest BCUT2D eigenvalue weighted by molar-refractivity contribution is 0.636. The Balaban J connectivity index is 2.59. The summed E-state index contributed by atoms with van der Waals surface area (Å²) >= 11 is 5.99. The summed E-state index contributed by atoms with van der Waals surface area (Å²) in [6.45, 7) is 1.91. The van der Waals surface area contributed by atoms with E-state index in [1.165, 1.54) is 0 Å². The maximum Gasteiger partial charge on any atom is 0.192 e. The number of aryl methyl sites for hydroxylation is 1. The van der Waals surface area contributed by atoms with E-state index >= 15 is 0 Å². The first-order chi connectivity index (χ1) is 7.09. The molecule has 1 aromatic carbocycles. The Morgan fingerprint density at radius 3 is 2.73 bits per heavy atom. The number of aromatic nitrogens is 2. The molecule has 0 aliphatic carbocycles. The molecule has 0 aliphatic rings. The van der Waals surface area contributed by atoms with Gasteiger partial charge in [-0.05, 0) is 18.6 Å². The Bertz CT molecular complexity index is 507. The minimum Gasteiger partial charge on any atom is -0.380 e. The molecule has 15 heavy (non-hydrogen) atoms. The Morgan fingerprint density at radius 2 is 2.20 bits per heavy atom. The number of nitrogens with zero attached hydrogens (tertiary/aromatic N) is 1. The van der Waals surface area contributed by atoms with Gasteiger partial charge in [0.05, 0.1) is 5.02 Å². The predicted molar refractivity (Wildman–Crippen MR) is 58.1 cm³/mol. The van der Waals surface area contributed by atoms with Gasteiger partial charge >= 0.3 is 0 Å². The van der Waals surface area contributed by atoms with Crippen LogP contribution in [0.2, 0.25) is 5.02 Å². The molecule has 0 fully saturated rings. The van der Waals surface area contributed by atoms with Gasteiger partial charge in [-0.25, -0.2) is 4.39 Å². The van der Waals surface area contributed by atoms with Crippen molar-refractivity contribution in [3.8, 4) is 11.3 Å². The molecule has 2 aromatic rings. The van der Waals surface area contributed by atoms with Crippen LogP contribution in [0.15, 0.2) is 18.2 Å². The number of anilines is 1. The molecule has 5 heteroatoms. The molecule has 0 atom stereocenters. The fourth-order valence-electron chi connectivity index (χ4n) is 1.34. The van der Waals surface area contributed by atoms with Crippen molar-refractivity contribution in [3.05, 3.63) is 34.6 Å². The van der Waals surface area contributed by atoms with Gasteiger partial charge in [-0.3, -0.25) is 5.10 Å². The van der Waals surface area contributed by atoms with E-state index in [4.69, 9.17) is 17.3 Å². The molecule has 78 valence electrons. The van der Waals surface area contributed by atoms with Crippen molar-refractivity contribution >= 4 is 17.4 Å². The summed E-state index contributed by atoms with van der Waals surface area (Å²) in [4.78, 5) is 0. The zero-order valence-corrected chi connectivity index (χ0v) is 8.77. The average molecular weight is 226 g/mol. The summed E-state index contributed by atoms with van der Waals surface area (Å²) in [7, 11) is 0. The van der Waals surface area contributed by atoms with Crippen LogP contribution >= 0.6 is 11.6 Å². The van der Waals surface area contributed by atoms with Gasteiger partial charge in [-0.15, -0.1) is 0 Å². The minimum atomic E-state index is -0.569. The van der Waals surface area contributed by atoms with Crippen LogP contribution in [0.3, 0.4) is 0 Å². The number of nitrogens with one attached hydrogen (secondary N) is 1. The molecule has 3 N–H and O–H groups in total. The number of aromatic amines is 1. The predicted octanol–water partition coefficient (Wildman–Crippen LogP) is 2.76. The lowest BCUT2D eigenvalue weighted by atomic mass is 10.1. The number of hydrogen-bond acceptors (Lipinski definition) is 2. The fourth-order valence-corrected chi connectivity index (χ4v) is 1.67. The van der Waals surface area contributed by atoms with Gasteiger partial charge in [-0.2, -0.15) is 5.10 Å². The van der Waals surface area contributed by atoms with E-state index < -0.39 is 5.82 Å². The molecule has 0 radical (unpaired) electrons. The van der Waals surface area contributed by atoms with E-state index in [9.17, 15) is 4.39 Å². The van der Waals surface area contributed by atoms with Gasteiger partial charge in [-0.1, -0.05) is 23.7 Å². The van der Waals surface area contributed by atoms with Crippen molar-refractivity contribution < 1.29 is 4.39 Å². The van der Waals surface area contributed by atoms with E-state index in [-0.39, 0.29) is 11.5 Å². The lowest BCUT2D eigenvalue weighted by Crippen LogP contribution is -1.88. The molecule has 2 rings (SSSR count). The van der Waals surface area contributed by atoms with Crippen LogP contribution in [0.1, 0.15) is 5.56 Å². The third-order valence-electron chi connectivity index (χ3n) is 2.13. The number of benzene rings is 1. The van der Waals surface area contributed by atoms with E-state index in [0.29, 0.717) is 10.6 Å². The molecular formula is C10H9ClFN3. The molecular weight excluding hydrogens is 217 g/mol. The van der Waals surface area contributed by atoms with Crippen molar-refractivity contribution in [2.75, 3.05) is 5.73 Å². The number of H-pyrrole nitrogens is 1. The van der Waals surface area contributed by atoms with Crippen LogP contribution < -0.4 is 5.73 Å². The van der Waals surface area contributed by atoms with E-state index in [0.717, 1.165) is 5.56 Å². The SMILES string of the molecule is Cc1ccc(-c2[nH]nc(N)c2F)c(Cl)c1. The summed E-state index contributed by atoms with van der Waals surface area (Å²) in [5.41, 5.74) is 7.09. The lowest BCUT2D eigenvalue weighted by Gasteiger charge is -2.02. The first-order valence-corrected chi connectivity index (χ1v) is 4.73. The highest BCUT2D eigenvalue weighted by Crippen LogP contribution is 2.30. The van der Waals surface area contributed by atoms with Crippen LogP contribution in [0.4, 0.5) is 10.2 Å². The van der Waals surface area contributed by atoms with Gasteiger partial charge < -0.3 is 5.73 Å². The molecule has 0 spiro atoms. The minimum absolute atomic E-state index is 0.151. The summed E-state index contributed by atoms with van der Waals surface area (Å²) in [6, 6.07) is 5.33. The monoisotopic (exact) mass is 225 g/mol. The number of halogens is 2. The van der Waals surface area contributed by atoms with Crippen molar-refractivity contribution in [3.63, 3.8) is 0 Å². The zero-order chi connectivity index (χ0) is 11.0. The first kappa shape index (κ1) is 9.98. The average Bonchev–Trinajstić information content (AvgIpc) is 2.49. The topological polar surface area (TPSA) is 54.7 Å². The van der Waals surface area contributed by atoms with Crippen LogP contribution in [-0.4, -0.2) is 10.2 Å². The Labute approximate surface area is 91.1 Å². The van der Waals surface area contributed by atoms with Crippen LogP contribution in [-0.2, 0) is 0 Å². The van der Waals surface area contributed by atoms with Crippen molar-refractivity contribution in [2.24, 2.45) is 0 Å². The number of nitrogen functional groups attached to an aromatic ring is 1. The second-order valence-electron chi connectivity index (χ2n) is 3.28. The quantitative estimate of drug-likeness (QED) is 0.784. The summed E-state index contributed by atoms with van der Waals surface area (Å²) in [6.07, 6.45) is 0. The number of hydrogen-bond donors (Lipinski definition) is 2.